The van der Waals surface area contributed by atoms with Gasteiger partial charge in [0.15, 0.2) is 0 Å². The summed E-state index contributed by atoms with van der Waals surface area (Å²) in [4.78, 5) is 11.1. The summed E-state index contributed by atoms with van der Waals surface area (Å²) < 4.78 is 4.84. The fourth-order valence-electron chi connectivity index (χ4n) is 1.55. The van der Waals surface area contributed by atoms with Crippen LogP contribution < -0.4 is 5.73 Å². The van der Waals surface area contributed by atoms with Gasteiger partial charge in [-0.3, -0.25) is 4.79 Å². The third kappa shape index (κ3) is 3.63. The van der Waals surface area contributed by atoms with E-state index in [1.165, 1.54) is 0 Å². The SMILES string of the molecule is CCOC(=O)CC=Cc1ccc(N)c(C)c1C. The minimum absolute atomic E-state index is 0.200. The van der Waals surface area contributed by atoms with Gasteiger partial charge in [-0.2, -0.15) is 0 Å². The molecule has 0 bridgehead atoms. The molecule has 0 aliphatic heterocycles. The second-order valence-electron chi connectivity index (χ2n) is 3.91. The predicted octanol–water partition coefficient (Wildman–Crippen LogP) is 2.85. The van der Waals surface area contributed by atoms with Crippen LogP contribution in [0.5, 0.6) is 0 Å². The lowest BCUT2D eigenvalue weighted by molar-refractivity contribution is -0.142. The maximum absolute atomic E-state index is 11.1. The number of ether oxygens (including phenoxy) is 1. The molecule has 92 valence electrons. The van der Waals surface area contributed by atoms with Crippen LogP contribution in [0.3, 0.4) is 0 Å². The first-order chi connectivity index (χ1) is 8.06. The number of anilines is 1. The quantitative estimate of drug-likeness (QED) is 0.642. The van der Waals surface area contributed by atoms with Crippen molar-refractivity contribution < 1.29 is 9.53 Å². The highest BCUT2D eigenvalue weighted by atomic mass is 16.5. The van der Waals surface area contributed by atoms with Gasteiger partial charge in [-0.25, -0.2) is 0 Å². The summed E-state index contributed by atoms with van der Waals surface area (Å²) in [5, 5.41) is 0. The van der Waals surface area contributed by atoms with Crippen molar-refractivity contribution in [1.29, 1.82) is 0 Å². The minimum Gasteiger partial charge on any atom is -0.466 e. The van der Waals surface area contributed by atoms with E-state index in [9.17, 15) is 4.79 Å². The second kappa shape index (κ2) is 6.09. The van der Waals surface area contributed by atoms with E-state index >= 15 is 0 Å². The number of esters is 1. The van der Waals surface area contributed by atoms with Gasteiger partial charge < -0.3 is 10.5 Å². The fourth-order valence-corrected chi connectivity index (χ4v) is 1.55. The summed E-state index contributed by atoms with van der Waals surface area (Å²) in [6.07, 6.45) is 4.05. The van der Waals surface area contributed by atoms with E-state index in [0.29, 0.717) is 13.0 Å². The lowest BCUT2D eigenvalue weighted by Gasteiger charge is -2.07. The molecule has 1 aromatic rings. The lowest BCUT2D eigenvalue weighted by atomic mass is 10.0. The third-order valence-electron chi connectivity index (χ3n) is 2.76. The van der Waals surface area contributed by atoms with Gasteiger partial charge >= 0.3 is 5.97 Å². The van der Waals surface area contributed by atoms with Crippen molar-refractivity contribution >= 4 is 17.7 Å². The molecule has 0 heterocycles. The molecule has 0 fully saturated rings. The fraction of sp³-hybridized carbons (Fsp3) is 0.357. The number of nitrogen functional groups attached to an aromatic ring is 1. The molecular weight excluding hydrogens is 214 g/mol. The Morgan fingerprint density at radius 3 is 2.71 bits per heavy atom. The molecule has 3 nitrogen and oxygen atoms in total. The van der Waals surface area contributed by atoms with Gasteiger partial charge in [-0.05, 0) is 43.5 Å². The highest BCUT2D eigenvalue weighted by Gasteiger charge is 2.02. The summed E-state index contributed by atoms with van der Waals surface area (Å²) in [6.45, 7) is 6.24. The predicted molar refractivity (Wildman–Crippen MR) is 70.6 cm³/mol. The Morgan fingerprint density at radius 2 is 2.06 bits per heavy atom. The molecule has 2 N–H and O–H groups in total. The molecule has 0 atom stereocenters. The number of carbonyl (C=O) groups excluding carboxylic acids is 1. The van der Waals surface area contributed by atoms with Crippen molar-refractivity contribution in [3.05, 3.63) is 34.9 Å². The number of benzene rings is 1. The van der Waals surface area contributed by atoms with E-state index in [1.807, 2.05) is 38.1 Å². The first-order valence-electron chi connectivity index (χ1n) is 5.74. The van der Waals surface area contributed by atoms with Crippen LogP contribution >= 0.6 is 0 Å². The average molecular weight is 233 g/mol. The van der Waals surface area contributed by atoms with Crippen LogP contribution in [0.15, 0.2) is 18.2 Å². The maximum atomic E-state index is 11.1. The van der Waals surface area contributed by atoms with E-state index in [1.54, 1.807) is 6.92 Å². The van der Waals surface area contributed by atoms with Crippen molar-refractivity contribution in [2.75, 3.05) is 12.3 Å². The molecule has 1 aromatic carbocycles. The zero-order valence-corrected chi connectivity index (χ0v) is 10.6. The highest BCUT2D eigenvalue weighted by Crippen LogP contribution is 2.20. The monoisotopic (exact) mass is 233 g/mol. The molecule has 0 radical (unpaired) electrons. The average Bonchev–Trinajstić information content (AvgIpc) is 2.29. The Morgan fingerprint density at radius 1 is 1.35 bits per heavy atom. The summed E-state index contributed by atoms with van der Waals surface area (Å²) >= 11 is 0. The second-order valence-corrected chi connectivity index (χ2v) is 3.91. The van der Waals surface area contributed by atoms with Crippen LogP contribution in [0.1, 0.15) is 30.0 Å². The third-order valence-corrected chi connectivity index (χ3v) is 2.76. The van der Waals surface area contributed by atoms with Gasteiger partial charge in [0.1, 0.15) is 0 Å². The molecule has 1 rings (SSSR count). The van der Waals surface area contributed by atoms with Crippen LogP contribution in [0.25, 0.3) is 6.08 Å². The van der Waals surface area contributed by atoms with Crippen molar-refractivity contribution in [2.24, 2.45) is 0 Å². The molecule has 0 aliphatic carbocycles. The van der Waals surface area contributed by atoms with Crippen LogP contribution in [-0.2, 0) is 9.53 Å². The molecule has 0 saturated carbocycles. The van der Waals surface area contributed by atoms with Crippen molar-refractivity contribution in [3.63, 3.8) is 0 Å². The van der Waals surface area contributed by atoms with Crippen molar-refractivity contribution in [1.82, 2.24) is 0 Å². The minimum atomic E-state index is -0.200. The molecule has 0 aromatic heterocycles. The van der Waals surface area contributed by atoms with Crippen LogP contribution in [0.2, 0.25) is 0 Å². The Kier molecular flexibility index (Phi) is 4.76. The van der Waals surface area contributed by atoms with Gasteiger partial charge in [-0.1, -0.05) is 18.2 Å². The number of hydrogen-bond donors (Lipinski definition) is 1. The largest absolute Gasteiger partial charge is 0.466 e. The molecule has 0 aliphatic rings. The van der Waals surface area contributed by atoms with Crippen molar-refractivity contribution in [2.45, 2.75) is 27.2 Å². The standard InChI is InChI=1S/C14H19NO2/c1-4-17-14(16)7-5-6-12-8-9-13(15)11(3)10(12)2/h5-6,8-9H,4,7,15H2,1-3H3. The van der Waals surface area contributed by atoms with Gasteiger partial charge in [0.2, 0.25) is 0 Å². The summed E-state index contributed by atoms with van der Waals surface area (Å²) in [5.74, 6) is -0.200. The van der Waals surface area contributed by atoms with Gasteiger partial charge in [-0.15, -0.1) is 0 Å². The number of rotatable bonds is 4. The van der Waals surface area contributed by atoms with Gasteiger partial charge in [0, 0.05) is 5.69 Å². The van der Waals surface area contributed by atoms with E-state index < -0.39 is 0 Å². The first-order valence-corrected chi connectivity index (χ1v) is 5.74. The van der Waals surface area contributed by atoms with Gasteiger partial charge in [0.05, 0.1) is 13.0 Å². The topological polar surface area (TPSA) is 52.3 Å². The highest BCUT2D eigenvalue weighted by molar-refractivity contribution is 5.73. The molecular formula is C14H19NO2. The normalized spacial score (nSPS) is 10.8. The summed E-state index contributed by atoms with van der Waals surface area (Å²) in [5.41, 5.74) is 9.92. The van der Waals surface area contributed by atoms with Crippen LogP contribution in [-0.4, -0.2) is 12.6 Å². The molecule has 0 spiro atoms. The maximum Gasteiger partial charge on any atom is 0.309 e. The number of nitrogens with two attached hydrogens (primary N) is 1. The lowest BCUT2D eigenvalue weighted by Crippen LogP contribution is -2.01. The van der Waals surface area contributed by atoms with E-state index in [-0.39, 0.29) is 5.97 Å². The zero-order valence-electron chi connectivity index (χ0n) is 10.6. The smallest absolute Gasteiger partial charge is 0.309 e. The number of carbonyl (C=O) groups is 1. The van der Waals surface area contributed by atoms with E-state index in [0.717, 1.165) is 22.4 Å². The summed E-state index contributed by atoms with van der Waals surface area (Å²) in [6, 6.07) is 3.84. The van der Waals surface area contributed by atoms with Crippen LogP contribution in [0, 0.1) is 13.8 Å². The molecule has 17 heavy (non-hydrogen) atoms. The Hall–Kier alpha value is -1.77. The Bertz CT molecular complexity index is 436. The van der Waals surface area contributed by atoms with Gasteiger partial charge in [0.25, 0.3) is 0 Å². The van der Waals surface area contributed by atoms with Crippen molar-refractivity contribution in [3.8, 4) is 0 Å². The van der Waals surface area contributed by atoms with Crippen LogP contribution in [0.4, 0.5) is 5.69 Å². The zero-order chi connectivity index (χ0) is 12.8. The number of hydrogen-bond acceptors (Lipinski definition) is 3. The Balaban J connectivity index is 2.72. The molecule has 0 saturated heterocycles. The Labute approximate surface area is 102 Å². The molecule has 3 heteroatoms. The molecule has 0 amide bonds. The first kappa shape index (κ1) is 13.3. The summed E-state index contributed by atoms with van der Waals surface area (Å²) in [7, 11) is 0. The van der Waals surface area contributed by atoms with E-state index in [2.05, 4.69) is 0 Å². The molecule has 0 unspecified atom stereocenters. The van der Waals surface area contributed by atoms with E-state index in [4.69, 9.17) is 10.5 Å².